The van der Waals surface area contributed by atoms with Crippen molar-refractivity contribution in [3.8, 4) is 0 Å². The van der Waals surface area contributed by atoms with Crippen LogP contribution >= 0.6 is 0 Å². The second kappa shape index (κ2) is 5.84. The summed E-state index contributed by atoms with van der Waals surface area (Å²) in [5.41, 5.74) is 0.0434. The molecule has 2 aliphatic rings. The topological polar surface area (TPSA) is 32.5 Å². The average molecular weight is 333 g/mol. The number of hydrogen-bond acceptors (Lipinski definition) is 4. The fourth-order valence-electron chi connectivity index (χ4n) is 4.00. The standard InChI is InChI=1S/C18H21F2N3O/c19-18(20)6-8-22(11-15-4-10-24-12-15)13-17(18)5-9-23(14-17)16-3-1-2-7-21-16/h1-4,7,10,12H,5-6,8-9,11,13-14H2/t17-/m0/s1. The molecule has 2 fully saturated rings. The number of anilines is 1. The van der Waals surface area contributed by atoms with Crippen LogP contribution in [-0.2, 0) is 6.54 Å². The maximum atomic E-state index is 14.8. The van der Waals surface area contributed by atoms with Crippen LogP contribution in [0.25, 0.3) is 0 Å². The highest BCUT2D eigenvalue weighted by molar-refractivity contribution is 5.40. The van der Waals surface area contributed by atoms with Crippen molar-refractivity contribution in [2.45, 2.75) is 25.3 Å². The van der Waals surface area contributed by atoms with E-state index >= 15 is 0 Å². The van der Waals surface area contributed by atoms with Crippen molar-refractivity contribution in [1.82, 2.24) is 9.88 Å². The van der Waals surface area contributed by atoms with Crippen LogP contribution in [0.3, 0.4) is 0 Å². The average Bonchev–Trinajstić information content (AvgIpc) is 3.23. The molecule has 0 aromatic carbocycles. The minimum Gasteiger partial charge on any atom is -0.472 e. The first kappa shape index (κ1) is 15.6. The molecule has 1 atom stereocenters. The summed E-state index contributed by atoms with van der Waals surface area (Å²) in [6.07, 6.45) is 5.44. The Morgan fingerprint density at radius 3 is 2.79 bits per heavy atom. The molecule has 0 unspecified atom stereocenters. The van der Waals surface area contributed by atoms with Crippen molar-refractivity contribution in [3.63, 3.8) is 0 Å². The fraction of sp³-hybridized carbons (Fsp3) is 0.500. The minimum atomic E-state index is -2.64. The first-order valence-corrected chi connectivity index (χ1v) is 8.35. The number of rotatable bonds is 3. The third-order valence-electron chi connectivity index (χ3n) is 5.36. The summed E-state index contributed by atoms with van der Waals surface area (Å²) in [6, 6.07) is 7.53. The molecular formula is C18H21F2N3O. The van der Waals surface area contributed by atoms with E-state index in [1.54, 1.807) is 18.7 Å². The van der Waals surface area contributed by atoms with E-state index in [2.05, 4.69) is 9.88 Å². The molecular weight excluding hydrogens is 312 g/mol. The minimum absolute atomic E-state index is 0.0824. The van der Waals surface area contributed by atoms with Gasteiger partial charge in [-0.3, -0.25) is 4.90 Å². The highest BCUT2D eigenvalue weighted by Gasteiger charge is 2.59. The molecule has 2 aromatic rings. The van der Waals surface area contributed by atoms with Crippen LogP contribution in [0.1, 0.15) is 18.4 Å². The normalized spacial score (nSPS) is 27.0. The van der Waals surface area contributed by atoms with Gasteiger partial charge in [-0.1, -0.05) is 6.07 Å². The third kappa shape index (κ3) is 2.69. The number of nitrogens with zero attached hydrogens (tertiary/aromatic N) is 3. The molecule has 0 amide bonds. The van der Waals surface area contributed by atoms with Gasteiger partial charge in [0.05, 0.1) is 17.9 Å². The Hall–Kier alpha value is -1.95. The highest BCUT2D eigenvalue weighted by atomic mass is 19.3. The zero-order valence-electron chi connectivity index (χ0n) is 13.5. The molecule has 2 aliphatic heterocycles. The van der Waals surface area contributed by atoms with Crippen LogP contribution in [0.5, 0.6) is 0 Å². The number of hydrogen-bond donors (Lipinski definition) is 0. The summed E-state index contributed by atoms with van der Waals surface area (Å²) in [7, 11) is 0. The molecule has 4 heterocycles. The highest BCUT2D eigenvalue weighted by Crippen LogP contribution is 2.50. The third-order valence-corrected chi connectivity index (χ3v) is 5.36. The smallest absolute Gasteiger partial charge is 0.257 e. The summed E-state index contributed by atoms with van der Waals surface area (Å²) in [5.74, 6) is -1.85. The van der Waals surface area contributed by atoms with Crippen LogP contribution in [-0.4, -0.2) is 42.0 Å². The number of alkyl halides is 2. The Kier molecular flexibility index (Phi) is 3.79. The zero-order valence-corrected chi connectivity index (χ0v) is 13.5. The van der Waals surface area contributed by atoms with Gasteiger partial charge in [-0.15, -0.1) is 0 Å². The van der Waals surface area contributed by atoms with Crippen molar-refractivity contribution in [2.75, 3.05) is 31.1 Å². The molecule has 0 radical (unpaired) electrons. The lowest BCUT2D eigenvalue weighted by atomic mass is 9.75. The number of piperidine rings is 1. The molecule has 128 valence electrons. The van der Waals surface area contributed by atoms with Gasteiger partial charge in [0.15, 0.2) is 0 Å². The quantitative estimate of drug-likeness (QED) is 0.862. The van der Waals surface area contributed by atoms with Gasteiger partial charge in [0.1, 0.15) is 5.82 Å². The predicted octanol–water partition coefficient (Wildman–Crippen LogP) is 3.41. The molecule has 1 spiro atoms. The lowest BCUT2D eigenvalue weighted by Crippen LogP contribution is -2.56. The zero-order chi connectivity index (χ0) is 16.6. The van der Waals surface area contributed by atoms with Gasteiger partial charge in [-0.25, -0.2) is 13.8 Å². The first-order chi connectivity index (χ1) is 11.6. The Balaban J connectivity index is 1.53. The van der Waals surface area contributed by atoms with E-state index in [4.69, 9.17) is 4.42 Å². The second-order valence-electron chi connectivity index (χ2n) is 6.94. The van der Waals surface area contributed by atoms with Crippen molar-refractivity contribution in [1.29, 1.82) is 0 Å². The van der Waals surface area contributed by atoms with E-state index < -0.39 is 11.3 Å². The fourth-order valence-corrected chi connectivity index (χ4v) is 4.00. The molecule has 0 bridgehead atoms. The van der Waals surface area contributed by atoms with Crippen LogP contribution in [0, 0.1) is 5.41 Å². The Labute approximate surface area is 140 Å². The van der Waals surface area contributed by atoms with Gasteiger partial charge in [0, 0.05) is 50.9 Å². The van der Waals surface area contributed by atoms with Crippen LogP contribution in [0.15, 0.2) is 47.4 Å². The molecule has 0 N–H and O–H groups in total. The lowest BCUT2D eigenvalue weighted by Gasteiger charge is -2.45. The summed E-state index contributed by atoms with van der Waals surface area (Å²) >= 11 is 0. The van der Waals surface area contributed by atoms with Gasteiger partial charge in [0.2, 0.25) is 0 Å². The van der Waals surface area contributed by atoms with E-state index in [1.165, 1.54) is 0 Å². The molecule has 2 saturated heterocycles. The monoisotopic (exact) mass is 333 g/mol. The van der Waals surface area contributed by atoms with Gasteiger partial charge >= 0.3 is 0 Å². The van der Waals surface area contributed by atoms with Crippen molar-refractivity contribution >= 4 is 5.82 Å². The largest absolute Gasteiger partial charge is 0.472 e. The summed E-state index contributed by atoms with van der Waals surface area (Å²) < 4.78 is 34.7. The van der Waals surface area contributed by atoms with Gasteiger partial charge in [-0.2, -0.15) is 0 Å². The maximum absolute atomic E-state index is 14.8. The van der Waals surface area contributed by atoms with Gasteiger partial charge < -0.3 is 9.32 Å². The van der Waals surface area contributed by atoms with Crippen molar-refractivity contribution in [2.24, 2.45) is 5.41 Å². The maximum Gasteiger partial charge on any atom is 0.257 e. The predicted molar refractivity (Wildman–Crippen MR) is 87.0 cm³/mol. The van der Waals surface area contributed by atoms with E-state index in [0.717, 1.165) is 11.4 Å². The van der Waals surface area contributed by atoms with E-state index in [0.29, 0.717) is 39.1 Å². The molecule has 0 saturated carbocycles. The molecule has 4 nitrogen and oxygen atoms in total. The SMILES string of the molecule is FC1(F)CCN(Cc2ccoc2)C[C@]12CCN(c1ccccn1)C2. The molecule has 2 aromatic heterocycles. The van der Waals surface area contributed by atoms with Crippen molar-refractivity contribution < 1.29 is 13.2 Å². The summed E-state index contributed by atoms with van der Waals surface area (Å²) in [5, 5.41) is 0. The first-order valence-electron chi connectivity index (χ1n) is 8.35. The Bertz CT molecular complexity index is 677. The number of aromatic nitrogens is 1. The van der Waals surface area contributed by atoms with Gasteiger partial charge in [0.25, 0.3) is 5.92 Å². The van der Waals surface area contributed by atoms with Gasteiger partial charge in [-0.05, 0) is 24.6 Å². The Morgan fingerprint density at radius 2 is 2.04 bits per heavy atom. The van der Waals surface area contributed by atoms with E-state index in [1.807, 2.05) is 29.2 Å². The van der Waals surface area contributed by atoms with Crippen LogP contribution in [0.2, 0.25) is 0 Å². The number of halogens is 2. The lowest BCUT2D eigenvalue weighted by molar-refractivity contribution is -0.158. The second-order valence-corrected chi connectivity index (χ2v) is 6.94. The summed E-state index contributed by atoms with van der Waals surface area (Å²) in [4.78, 5) is 8.45. The molecule has 4 rings (SSSR count). The summed E-state index contributed by atoms with van der Waals surface area (Å²) in [6.45, 7) is 2.49. The Morgan fingerprint density at radius 1 is 1.12 bits per heavy atom. The number of furan rings is 1. The molecule has 0 aliphatic carbocycles. The van der Waals surface area contributed by atoms with Crippen molar-refractivity contribution in [3.05, 3.63) is 48.6 Å². The number of pyridine rings is 1. The van der Waals surface area contributed by atoms with E-state index in [-0.39, 0.29) is 6.42 Å². The van der Waals surface area contributed by atoms with E-state index in [9.17, 15) is 8.78 Å². The number of likely N-dealkylation sites (tertiary alicyclic amines) is 1. The van der Waals surface area contributed by atoms with Crippen LogP contribution in [0.4, 0.5) is 14.6 Å². The van der Waals surface area contributed by atoms with Crippen LogP contribution < -0.4 is 4.90 Å². The molecule has 6 heteroatoms. The molecule has 24 heavy (non-hydrogen) atoms.